The molecular formula is C28H24ClNO2S. The standard InChI is InChI=1S/C28H24ClNO2S/c1-18(19-5-3-2-4-6-19)32-28(31)30-25-17-26(29)33-27(25)24-15-13-23(14-16-24)22-11-9-21(10-12-22)20-7-8-20/h2-6,9-18,20H,7-8H2,1H3,(H,30,31). The summed E-state index contributed by atoms with van der Waals surface area (Å²) < 4.78 is 6.17. The van der Waals surface area contributed by atoms with Gasteiger partial charge >= 0.3 is 6.09 Å². The molecule has 5 rings (SSSR count). The Bertz CT molecular complexity index is 1250. The average Bonchev–Trinajstić information content (AvgIpc) is 3.63. The minimum Gasteiger partial charge on any atom is -0.441 e. The van der Waals surface area contributed by atoms with E-state index < -0.39 is 6.09 Å². The van der Waals surface area contributed by atoms with E-state index in [1.54, 1.807) is 6.07 Å². The first kappa shape index (κ1) is 21.7. The highest BCUT2D eigenvalue weighted by Crippen LogP contribution is 2.41. The first-order chi connectivity index (χ1) is 16.1. The number of benzene rings is 3. The van der Waals surface area contributed by atoms with Crippen LogP contribution in [0.4, 0.5) is 10.5 Å². The minimum atomic E-state index is -0.505. The van der Waals surface area contributed by atoms with Crippen LogP contribution in [0.2, 0.25) is 4.34 Å². The SMILES string of the molecule is CC(OC(=O)Nc1cc(Cl)sc1-c1ccc(-c2ccc(C3CC3)cc2)cc1)c1ccccc1. The van der Waals surface area contributed by atoms with Crippen LogP contribution in [0, 0.1) is 0 Å². The highest BCUT2D eigenvalue weighted by atomic mass is 35.5. The van der Waals surface area contributed by atoms with Gasteiger partial charge in [0.05, 0.1) is 14.9 Å². The molecule has 0 radical (unpaired) electrons. The number of amides is 1. The van der Waals surface area contributed by atoms with E-state index >= 15 is 0 Å². The molecule has 1 aliphatic rings. The Morgan fingerprint density at radius 1 is 0.939 bits per heavy atom. The second-order valence-electron chi connectivity index (χ2n) is 8.35. The van der Waals surface area contributed by atoms with Crippen molar-refractivity contribution >= 4 is 34.7 Å². The number of halogens is 1. The van der Waals surface area contributed by atoms with Crippen molar-refractivity contribution in [3.63, 3.8) is 0 Å². The van der Waals surface area contributed by atoms with Crippen LogP contribution in [0.3, 0.4) is 0 Å². The fraction of sp³-hybridized carbons (Fsp3) is 0.179. The van der Waals surface area contributed by atoms with Gasteiger partial charge < -0.3 is 4.74 Å². The third-order valence-electron chi connectivity index (χ3n) is 5.93. The van der Waals surface area contributed by atoms with Gasteiger partial charge in [-0.2, -0.15) is 0 Å². The Morgan fingerprint density at radius 3 is 2.18 bits per heavy atom. The summed E-state index contributed by atoms with van der Waals surface area (Å²) in [5.41, 5.74) is 6.39. The Balaban J connectivity index is 1.30. The molecule has 3 nitrogen and oxygen atoms in total. The highest BCUT2D eigenvalue weighted by Gasteiger charge is 2.23. The molecule has 0 spiro atoms. The summed E-state index contributed by atoms with van der Waals surface area (Å²) in [6.07, 6.45) is 1.77. The maximum atomic E-state index is 12.5. The summed E-state index contributed by atoms with van der Waals surface area (Å²) in [5.74, 6) is 0.762. The van der Waals surface area contributed by atoms with Crippen molar-refractivity contribution in [2.75, 3.05) is 5.32 Å². The summed E-state index contributed by atoms with van der Waals surface area (Å²) in [6.45, 7) is 1.85. The molecule has 33 heavy (non-hydrogen) atoms. The van der Waals surface area contributed by atoms with E-state index in [0.29, 0.717) is 10.0 Å². The van der Waals surface area contributed by atoms with Crippen molar-refractivity contribution in [3.8, 4) is 21.6 Å². The Morgan fingerprint density at radius 2 is 1.55 bits per heavy atom. The van der Waals surface area contributed by atoms with Crippen molar-refractivity contribution in [1.29, 1.82) is 0 Å². The molecule has 0 saturated heterocycles. The number of hydrogen-bond acceptors (Lipinski definition) is 3. The Labute approximate surface area is 203 Å². The van der Waals surface area contributed by atoms with E-state index in [1.807, 2.05) is 37.3 Å². The summed E-state index contributed by atoms with van der Waals surface area (Å²) in [6, 6.07) is 28.6. The van der Waals surface area contributed by atoms with Crippen LogP contribution in [-0.2, 0) is 4.74 Å². The third kappa shape index (κ3) is 5.13. The van der Waals surface area contributed by atoms with Crippen molar-refractivity contribution in [2.45, 2.75) is 31.8 Å². The third-order valence-corrected chi connectivity index (χ3v) is 7.24. The van der Waals surface area contributed by atoms with Crippen LogP contribution in [0.25, 0.3) is 21.6 Å². The predicted molar refractivity (Wildman–Crippen MR) is 137 cm³/mol. The van der Waals surface area contributed by atoms with E-state index in [4.69, 9.17) is 16.3 Å². The van der Waals surface area contributed by atoms with Crippen LogP contribution in [0.15, 0.2) is 84.9 Å². The predicted octanol–water partition coefficient (Wildman–Crippen LogP) is 8.92. The van der Waals surface area contributed by atoms with Gasteiger partial charge in [-0.15, -0.1) is 11.3 Å². The second kappa shape index (κ2) is 9.42. The molecule has 3 aromatic carbocycles. The van der Waals surface area contributed by atoms with Crippen LogP contribution < -0.4 is 5.32 Å². The van der Waals surface area contributed by atoms with E-state index in [1.165, 1.54) is 35.3 Å². The molecule has 1 amide bonds. The van der Waals surface area contributed by atoms with E-state index in [2.05, 4.69) is 53.8 Å². The van der Waals surface area contributed by atoms with Gasteiger partial charge in [-0.1, -0.05) is 90.5 Å². The molecule has 1 atom stereocenters. The lowest BCUT2D eigenvalue weighted by Crippen LogP contribution is -2.16. The lowest BCUT2D eigenvalue weighted by Gasteiger charge is -2.14. The number of carbonyl (C=O) groups excluding carboxylic acids is 1. The molecule has 1 unspecified atom stereocenters. The maximum absolute atomic E-state index is 12.5. The zero-order valence-corrected chi connectivity index (χ0v) is 19.8. The summed E-state index contributed by atoms with van der Waals surface area (Å²) in [7, 11) is 0. The maximum Gasteiger partial charge on any atom is 0.412 e. The van der Waals surface area contributed by atoms with E-state index in [0.717, 1.165) is 27.5 Å². The molecule has 1 heterocycles. The molecule has 1 aromatic heterocycles. The number of nitrogens with one attached hydrogen (secondary N) is 1. The van der Waals surface area contributed by atoms with E-state index in [-0.39, 0.29) is 6.10 Å². The summed E-state index contributed by atoms with van der Waals surface area (Å²) in [5, 5.41) is 2.86. The Hall–Kier alpha value is -3.08. The molecule has 0 aliphatic heterocycles. The first-order valence-electron chi connectivity index (χ1n) is 11.1. The minimum absolute atomic E-state index is 0.352. The average molecular weight is 474 g/mol. The number of thiophene rings is 1. The quantitative estimate of drug-likeness (QED) is 0.303. The van der Waals surface area contributed by atoms with Gasteiger partial charge in [-0.3, -0.25) is 5.32 Å². The Kier molecular flexibility index (Phi) is 6.21. The van der Waals surface area contributed by atoms with Gasteiger partial charge in [0, 0.05) is 0 Å². The van der Waals surface area contributed by atoms with Gasteiger partial charge in [0.2, 0.25) is 0 Å². The number of hydrogen-bond donors (Lipinski definition) is 1. The van der Waals surface area contributed by atoms with Crippen LogP contribution in [-0.4, -0.2) is 6.09 Å². The van der Waals surface area contributed by atoms with Crippen molar-refractivity contribution in [1.82, 2.24) is 0 Å². The number of carbonyl (C=O) groups is 1. The zero-order valence-electron chi connectivity index (χ0n) is 18.3. The van der Waals surface area contributed by atoms with Crippen molar-refractivity contribution in [2.24, 2.45) is 0 Å². The largest absolute Gasteiger partial charge is 0.441 e. The van der Waals surface area contributed by atoms with Gasteiger partial charge in [-0.05, 0) is 59.6 Å². The topological polar surface area (TPSA) is 38.3 Å². The molecule has 4 aromatic rings. The zero-order chi connectivity index (χ0) is 22.8. The lowest BCUT2D eigenvalue weighted by atomic mass is 10.0. The van der Waals surface area contributed by atoms with Gasteiger partial charge in [0.1, 0.15) is 6.10 Å². The number of rotatable bonds is 6. The molecule has 5 heteroatoms. The fourth-order valence-corrected chi connectivity index (χ4v) is 5.12. The molecular weight excluding hydrogens is 450 g/mol. The summed E-state index contributed by atoms with van der Waals surface area (Å²) in [4.78, 5) is 13.4. The van der Waals surface area contributed by atoms with Crippen LogP contribution in [0.5, 0.6) is 0 Å². The van der Waals surface area contributed by atoms with E-state index in [9.17, 15) is 4.79 Å². The number of anilines is 1. The number of ether oxygens (including phenoxy) is 1. The molecule has 1 fully saturated rings. The van der Waals surface area contributed by atoms with Gasteiger partial charge in [0.15, 0.2) is 0 Å². The van der Waals surface area contributed by atoms with Crippen molar-refractivity contribution < 1.29 is 9.53 Å². The smallest absolute Gasteiger partial charge is 0.412 e. The molecule has 0 bridgehead atoms. The van der Waals surface area contributed by atoms with Crippen LogP contribution in [0.1, 0.15) is 42.9 Å². The molecule has 1 aliphatic carbocycles. The first-order valence-corrected chi connectivity index (χ1v) is 12.3. The van der Waals surface area contributed by atoms with Gasteiger partial charge in [0.25, 0.3) is 0 Å². The van der Waals surface area contributed by atoms with Gasteiger partial charge in [-0.25, -0.2) is 4.79 Å². The lowest BCUT2D eigenvalue weighted by molar-refractivity contribution is 0.121. The molecule has 166 valence electrons. The molecule has 1 saturated carbocycles. The molecule has 1 N–H and O–H groups in total. The summed E-state index contributed by atoms with van der Waals surface area (Å²) >= 11 is 7.73. The van der Waals surface area contributed by atoms with Crippen molar-refractivity contribution in [3.05, 3.63) is 100 Å². The highest BCUT2D eigenvalue weighted by molar-refractivity contribution is 7.20. The second-order valence-corrected chi connectivity index (χ2v) is 10.0. The monoisotopic (exact) mass is 473 g/mol. The normalized spacial score (nSPS) is 14.0. The van der Waals surface area contributed by atoms with Crippen LogP contribution >= 0.6 is 22.9 Å². The fourth-order valence-electron chi connectivity index (χ4n) is 3.94.